The summed E-state index contributed by atoms with van der Waals surface area (Å²) in [6.45, 7) is 5.72. The molecule has 1 aromatic carbocycles. The van der Waals surface area contributed by atoms with Gasteiger partial charge in [0.2, 0.25) is 0 Å². The number of aliphatic hydroxyl groups excluding tert-OH is 1. The predicted molar refractivity (Wildman–Crippen MR) is 91.7 cm³/mol. The van der Waals surface area contributed by atoms with Gasteiger partial charge >= 0.3 is 6.09 Å². The second-order valence-corrected chi connectivity index (χ2v) is 6.70. The van der Waals surface area contributed by atoms with Crippen molar-refractivity contribution in [1.82, 2.24) is 4.90 Å². The zero-order valence-corrected chi connectivity index (χ0v) is 14.7. The van der Waals surface area contributed by atoms with Crippen LogP contribution in [0.3, 0.4) is 0 Å². The number of likely N-dealkylation sites (tertiary alicyclic amines) is 1. The van der Waals surface area contributed by atoms with Gasteiger partial charge in [-0.25, -0.2) is 4.79 Å². The number of carbonyl (C=O) groups is 1. The summed E-state index contributed by atoms with van der Waals surface area (Å²) in [4.78, 5) is 13.8. The van der Waals surface area contributed by atoms with Gasteiger partial charge in [0.1, 0.15) is 0 Å². The summed E-state index contributed by atoms with van der Waals surface area (Å²) >= 11 is 6.05. The molecule has 0 aromatic heterocycles. The van der Waals surface area contributed by atoms with Gasteiger partial charge in [-0.05, 0) is 49.4 Å². The summed E-state index contributed by atoms with van der Waals surface area (Å²) in [6.07, 6.45) is 2.78. The van der Waals surface area contributed by atoms with Gasteiger partial charge in [-0.3, -0.25) is 0 Å². The maximum absolute atomic E-state index is 12.1. The lowest BCUT2D eigenvalue weighted by Gasteiger charge is -2.35. The van der Waals surface area contributed by atoms with Crippen molar-refractivity contribution in [2.75, 3.05) is 19.7 Å². The molecule has 1 heterocycles. The zero-order chi connectivity index (χ0) is 16.8. The molecule has 2 unspecified atom stereocenters. The maximum atomic E-state index is 12.1. The first-order valence-electron chi connectivity index (χ1n) is 8.38. The lowest BCUT2D eigenvalue weighted by Crippen LogP contribution is -2.42. The summed E-state index contributed by atoms with van der Waals surface area (Å²) in [5.74, 6) is 0.0136. The number of aryl methyl sites for hydroxylation is 1. The van der Waals surface area contributed by atoms with Crippen molar-refractivity contribution in [3.63, 3.8) is 0 Å². The van der Waals surface area contributed by atoms with Crippen LogP contribution in [0.1, 0.15) is 49.8 Å². The molecule has 1 saturated heterocycles. The van der Waals surface area contributed by atoms with Crippen LogP contribution >= 0.6 is 11.6 Å². The molecule has 128 valence electrons. The molecule has 1 aliphatic rings. The topological polar surface area (TPSA) is 49.8 Å². The van der Waals surface area contributed by atoms with Gasteiger partial charge in [0.15, 0.2) is 0 Å². The van der Waals surface area contributed by atoms with Gasteiger partial charge in [0.05, 0.1) is 12.7 Å². The van der Waals surface area contributed by atoms with Crippen LogP contribution in [-0.4, -0.2) is 35.8 Å². The van der Waals surface area contributed by atoms with Crippen LogP contribution in [0.2, 0.25) is 5.02 Å². The molecule has 0 aliphatic carbocycles. The highest BCUT2D eigenvalue weighted by Gasteiger charge is 2.30. The second-order valence-electron chi connectivity index (χ2n) is 6.26. The number of rotatable bonds is 5. The van der Waals surface area contributed by atoms with E-state index in [1.807, 2.05) is 25.1 Å². The average molecular weight is 340 g/mol. The quantitative estimate of drug-likeness (QED) is 0.812. The molecule has 1 N–H and O–H groups in total. The number of ether oxygens (including phenoxy) is 1. The largest absolute Gasteiger partial charge is 0.449 e. The van der Waals surface area contributed by atoms with Crippen molar-refractivity contribution in [2.24, 2.45) is 5.92 Å². The van der Waals surface area contributed by atoms with E-state index in [0.717, 1.165) is 36.8 Å². The Hall–Kier alpha value is -1.26. The molecular formula is C18H26ClNO3. The smallest absolute Gasteiger partial charge is 0.409 e. The maximum Gasteiger partial charge on any atom is 0.409 e. The van der Waals surface area contributed by atoms with Crippen molar-refractivity contribution in [3.8, 4) is 0 Å². The second kappa shape index (κ2) is 8.55. The SMILES string of the molecule is CCCCOC(=O)N1CCCC(C(O)c2cc(Cl)ccc2C)C1. The first-order valence-corrected chi connectivity index (χ1v) is 8.76. The highest BCUT2D eigenvalue weighted by Crippen LogP contribution is 2.32. The number of carbonyl (C=O) groups excluding carboxylic acids is 1. The zero-order valence-electron chi connectivity index (χ0n) is 13.9. The van der Waals surface area contributed by atoms with Crippen LogP contribution in [0.25, 0.3) is 0 Å². The molecule has 23 heavy (non-hydrogen) atoms. The Morgan fingerprint density at radius 2 is 2.30 bits per heavy atom. The third-order valence-corrected chi connectivity index (χ3v) is 4.68. The number of amides is 1. The Kier molecular flexibility index (Phi) is 6.72. The number of aliphatic hydroxyl groups is 1. The molecule has 0 bridgehead atoms. The molecular weight excluding hydrogens is 314 g/mol. The minimum absolute atomic E-state index is 0.0136. The number of nitrogens with zero attached hydrogens (tertiary/aromatic N) is 1. The predicted octanol–water partition coefficient (Wildman–Crippen LogP) is 4.33. The summed E-state index contributed by atoms with van der Waals surface area (Å²) in [5, 5.41) is 11.3. The van der Waals surface area contributed by atoms with Gasteiger partial charge in [0.25, 0.3) is 0 Å². The molecule has 0 saturated carbocycles. The Balaban J connectivity index is 2.00. The van der Waals surface area contributed by atoms with Crippen LogP contribution in [0.4, 0.5) is 4.79 Å². The number of hydrogen-bond donors (Lipinski definition) is 1. The van der Waals surface area contributed by atoms with Crippen molar-refractivity contribution in [1.29, 1.82) is 0 Å². The summed E-state index contributed by atoms with van der Waals surface area (Å²) in [6, 6.07) is 5.56. The molecule has 1 amide bonds. The molecule has 1 aromatic rings. The highest BCUT2D eigenvalue weighted by molar-refractivity contribution is 6.30. The normalized spacial score (nSPS) is 19.5. The van der Waals surface area contributed by atoms with E-state index in [-0.39, 0.29) is 12.0 Å². The van der Waals surface area contributed by atoms with Crippen LogP contribution < -0.4 is 0 Å². The number of unbranched alkanes of at least 4 members (excludes halogenated alkanes) is 1. The van der Waals surface area contributed by atoms with E-state index in [9.17, 15) is 9.90 Å². The minimum atomic E-state index is -0.611. The van der Waals surface area contributed by atoms with E-state index >= 15 is 0 Å². The van der Waals surface area contributed by atoms with E-state index in [1.54, 1.807) is 4.90 Å². The molecule has 1 aliphatic heterocycles. The van der Waals surface area contributed by atoms with Crippen molar-refractivity contribution in [3.05, 3.63) is 34.3 Å². The fraction of sp³-hybridized carbons (Fsp3) is 0.611. The molecule has 5 heteroatoms. The summed E-state index contributed by atoms with van der Waals surface area (Å²) in [5.41, 5.74) is 1.87. The van der Waals surface area contributed by atoms with Crippen molar-refractivity contribution < 1.29 is 14.6 Å². The number of hydrogen-bond acceptors (Lipinski definition) is 3. The van der Waals surface area contributed by atoms with Gasteiger partial charge in [-0.15, -0.1) is 0 Å². The monoisotopic (exact) mass is 339 g/mol. The third kappa shape index (κ3) is 4.85. The lowest BCUT2D eigenvalue weighted by molar-refractivity contribution is 0.0387. The van der Waals surface area contributed by atoms with Crippen LogP contribution in [-0.2, 0) is 4.74 Å². The van der Waals surface area contributed by atoms with Gasteiger partial charge in [-0.1, -0.05) is 31.0 Å². The van der Waals surface area contributed by atoms with Gasteiger partial charge in [0, 0.05) is 24.0 Å². The molecule has 0 radical (unpaired) electrons. The third-order valence-electron chi connectivity index (χ3n) is 4.45. The first kappa shape index (κ1) is 18.1. The number of halogens is 1. The standard InChI is InChI=1S/C18H26ClNO3/c1-3-4-10-23-18(22)20-9-5-6-14(12-20)17(21)16-11-15(19)8-7-13(16)2/h7-8,11,14,17,21H,3-6,9-10,12H2,1-2H3. The van der Waals surface area contributed by atoms with E-state index in [2.05, 4.69) is 6.92 Å². The summed E-state index contributed by atoms with van der Waals surface area (Å²) < 4.78 is 5.28. The van der Waals surface area contributed by atoms with Gasteiger partial charge < -0.3 is 14.7 Å². The Bertz CT molecular complexity index is 535. The lowest BCUT2D eigenvalue weighted by atomic mass is 9.87. The fourth-order valence-corrected chi connectivity index (χ4v) is 3.19. The number of piperidine rings is 1. The van der Waals surface area contributed by atoms with Crippen LogP contribution in [0.15, 0.2) is 18.2 Å². The van der Waals surface area contributed by atoms with Crippen LogP contribution in [0, 0.1) is 12.8 Å². The molecule has 4 nitrogen and oxygen atoms in total. The molecule has 2 rings (SSSR count). The first-order chi connectivity index (χ1) is 11.0. The molecule has 0 spiro atoms. The van der Waals surface area contributed by atoms with Crippen molar-refractivity contribution in [2.45, 2.75) is 45.6 Å². The number of benzene rings is 1. The van der Waals surface area contributed by atoms with E-state index < -0.39 is 6.10 Å². The fourth-order valence-electron chi connectivity index (χ4n) is 3.01. The molecule has 1 fully saturated rings. The van der Waals surface area contributed by atoms with Crippen molar-refractivity contribution >= 4 is 17.7 Å². The average Bonchev–Trinajstić information content (AvgIpc) is 2.56. The van der Waals surface area contributed by atoms with Gasteiger partial charge in [-0.2, -0.15) is 0 Å². The van der Waals surface area contributed by atoms with E-state index in [0.29, 0.717) is 24.7 Å². The van der Waals surface area contributed by atoms with E-state index in [4.69, 9.17) is 16.3 Å². The highest BCUT2D eigenvalue weighted by atomic mass is 35.5. The Labute approximate surface area is 143 Å². The Morgan fingerprint density at radius 3 is 3.04 bits per heavy atom. The molecule has 2 atom stereocenters. The summed E-state index contributed by atoms with van der Waals surface area (Å²) in [7, 11) is 0. The van der Waals surface area contributed by atoms with Crippen LogP contribution in [0.5, 0.6) is 0 Å². The van der Waals surface area contributed by atoms with E-state index in [1.165, 1.54) is 0 Å². The minimum Gasteiger partial charge on any atom is -0.449 e. The Morgan fingerprint density at radius 1 is 1.52 bits per heavy atom.